The Morgan fingerprint density at radius 1 is 0.931 bits per heavy atom. The normalized spacial score (nSPS) is 14.2. The molecule has 0 atom stereocenters. The molecule has 2 aromatic rings. The van der Waals surface area contributed by atoms with Crippen LogP contribution in [0.4, 0.5) is 10.1 Å². The first-order chi connectivity index (χ1) is 14.0. The first kappa shape index (κ1) is 20.5. The minimum atomic E-state index is -0.250. The average Bonchev–Trinajstić information content (AvgIpc) is 2.77. The van der Waals surface area contributed by atoms with Gasteiger partial charge in [-0.2, -0.15) is 0 Å². The smallest absolute Gasteiger partial charge is 0.246 e. The van der Waals surface area contributed by atoms with Crippen molar-refractivity contribution in [3.63, 3.8) is 0 Å². The summed E-state index contributed by atoms with van der Waals surface area (Å²) in [5.41, 5.74) is 1.74. The van der Waals surface area contributed by atoms with Crippen molar-refractivity contribution in [2.24, 2.45) is 0 Å². The van der Waals surface area contributed by atoms with E-state index in [4.69, 9.17) is 14.2 Å². The van der Waals surface area contributed by atoms with Gasteiger partial charge < -0.3 is 24.0 Å². The third-order valence-electron chi connectivity index (χ3n) is 4.89. The van der Waals surface area contributed by atoms with Crippen molar-refractivity contribution < 1.29 is 23.4 Å². The zero-order chi connectivity index (χ0) is 20.8. The summed E-state index contributed by atoms with van der Waals surface area (Å²) in [6, 6.07) is 10.0. The highest BCUT2D eigenvalue weighted by molar-refractivity contribution is 5.92. The van der Waals surface area contributed by atoms with Gasteiger partial charge in [-0.3, -0.25) is 4.79 Å². The highest BCUT2D eigenvalue weighted by Crippen LogP contribution is 2.38. The number of rotatable bonds is 6. The number of methoxy groups -OCH3 is 3. The Hall–Kier alpha value is -3.22. The number of nitrogens with zero attached hydrogens (tertiary/aromatic N) is 2. The standard InChI is InChI=1S/C22H25FN2O4/c1-27-19-14-16(15-20(28-2)22(19)29-3)4-9-21(26)25-12-10-24(11-13-25)18-7-5-17(23)6-8-18/h4-9,14-15H,10-13H2,1-3H3/b9-4+. The van der Waals surface area contributed by atoms with Gasteiger partial charge in [0.2, 0.25) is 11.7 Å². The molecule has 29 heavy (non-hydrogen) atoms. The fourth-order valence-corrected chi connectivity index (χ4v) is 3.31. The second-order valence-corrected chi connectivity index (χ2v) is 6.58. The molecule has 0 aliphatic carbocycles. The summed E-state index contributed by atoms with van der Waals surface area (Å²) in [5.74, 6) is 1.27. The van der Waals surface area contributed by atoms with Crippen LogP contribution in [-0.2, 0) is 4.79 Å². The number of ether oxygens (including phenoxy) is 3. The van der Waals surface area contributed by atoms with Gasteiger partial charge in [-0.25, -0.2) is 4.39 Å². The van der Waals surface area contributed by atoms with Crippen molar-refractivity contribution in [2.45, 2.75) is 0 Å². The largest absolute Gasteiger partial charge is 0.493 e. The third kappa shape index (κ3) is 4.80. The van der Waals surface area contributed by atoms with Gasteiger partial charge in [-0.05, 0) is 48.0 Å². The molecule has 1 fully saturated rings. The lowest BCUT2D eigenvalue weighted by molar-refractivity contribution is -0.126. The topological polar surface area (TPSA) is 51.2 Å². The van der Waals surface area contributed by atoms with Gasteiger partial charge in [0, 0.05) is 37.9 Å². The quantitative estimate of drug-likeness (QED) is 0.697. The van der Waals surface area contributed by atoms with E-state index in [-0.39, 0.29) is 11.7 Å². The Morgan fingerprint density at radius 2 is 1.52 bits per heavy atom. The van der Waals surface area contributed by atoms with Crippen LogP contribution in [0, 0.1) is 5.82 Å². The van der Waals surface area contributed by atoms with E-state index in [0.29, 0.717) is 43.4 Å². The van der Waals surface area contributed by atoms with Crippen LogP contribution in [0.15, 0.2) is 42.5 Å². The predicted molar refractivity (Wildman–Crippen MR) is 110 cm³/mol. The number of benzene rings is 2. The molecule has 0 radical (unpaired) electrons. The van der Waals surface area contributed by atoms with Gasteiger partial charge in [-0.1, -0.05) is 0 Å². The van der Waals surface area contributed by atoms with Gasteiger partial charge in [0.25, 0.3) is 0 Å². The van der Waals surface area contributed by atoms with Crippen molar-refractivity contribution in [1.29, 1.82) is 0 Å². The fraction of sp³-hybridized carbons (Fsp3) is 0.318. The summed E-state index contributed by atoms with van der Waals surface area (Å²) >= 11 is 0. The fourth-order valence-electron chi connectivity index (χ4n) is 3.31. The lowest BCUT2D eigenvalue weighted by Crippen LogP contribution is -2.48. The van der Waals surface area contributed by atoms with Crippen molar-refractivity contribution in [1.82, 2.24) is 4.90 Å². The highest BCUT2D eigenvalue weighted by atomic mass is 19.1. The summed E-state index contributed by atoms with van der Waals surface area (Å²) in [6.07, 6.45) is 3.29. The van der Waals surface area contributed by atoms with E-state index < -0.39 is 0 Å². The maximum atomic E-state index is 13.1. The molecule has 0 spiro atoms. The Balaban J connectivity index is 1.63. The van der Waals surface area contributed by atoms with Crippen molar-refractivity contribution >= 4 is 17.7 Å². The average molecular weight is 400 g/mol. The molecule has 1 aliphatic heterocycles. The number of halogens is 1. The van der Waals surface area contributed by atoms with E-state index >= 15 is 0 Å². The van der Waals surface area contributed by atoms with Crippen LogP contribution < -0.4 is 19.1 Å². The first-order valence-corrected chi connectivity index (χ1v) is 9.33. The number of amides is 1. The van der Waals surface area contributed by atoms with Crippen molar-refractivity contribution in [3.8, 4) is 17.2 Å². The molecule has 0 N–H and O–H groups in total. The van der Waals surface area contributed by atoms with Crippen LogP contribution in [0.5, 0.6) is 17.2 Å². The molecule has 3 rings (SSSR count). The number of hydrogen-bond acceptors (Lipinski definition) is 5. The van der Waals surface area contributed by atoms with Crippen LogP contribution in [0.2, 0.25) is 0 Å². The van der Waals surface area contributed by atoms with Crippen LogP contribution >= 0.6 is 0 Å². The summed E-state index contributed by atoms with van der Waals surface area (Å²) in [4.78, 5) is 16.5. The van der Waals surface area contributed by atoms with E-state index in [2.05, 4.69) is 4.90 Å². The number of hydrogen-bond donors (Lipinski definition) is 0. The van der Waals surface area contributed by atoms with E-state index in [0.717, 1.165) is 11.3 Å². The van der Waals surface area contributed by atoms with E-state index in [1.54, 1.807) is 62.6 Å². The maximum absolute atomic E-state index is 13.1. The molecule has 1 heterocycles. The Kier molecular flexibility index (Phi) is 6.59. The third-order valence-corrected chi connectivity index (χ3v) is 4.89. The molecular formula is C22H25FN2O4. The number of carbonyl (C=O) groups excluding carboxylic acids is 1. The number of carbonyl (C=O) groups is 1. The lowest BCUT2D eigenvalue weighted by Gasteiger charge is -2.35. The van der Waals surface area contributed by atoms with E-state index in [9.17, 15) is 9.18 Å². The molecule has 154 valence electrons. The van der Waals surface area contributed by atoms with E-state index in [1.807, 2.05) is 0 Å². The van der Waals surface area contributed by atoms with Gasteiger partial charge in [0.1, 0.15) is 5.82 Å². The van der Waals surface area contributed by atoms with Gasteiger partial charge in [0.15, 0.2) is 11.5 Å². The zero-order valence-corrected chi connectivity index (χ0v) is 16.9. The van der Waals surface area contributed by atoms with Gasteiger partial charge in [-0.15, -0.1) is 0 Å². The van der Waals surface area contributed by atoms with Crippen LogP contribution in [0.3, 0.4) is 0 Å². The lowest BCUT2D eigenvalue weighted by atomic mass is 10.1. The van der Waals surface area contributed by atoms with Crippen LogP contribution in [0.25, 0.3) is 6.08 Å². The second kappa shape index (κ2) is 9.32. The molecule has 6 nitrogen and oxygen atoms in total. The maximum Gasteiger partial charge on any atom is 0.246 e. The molecule has 1 saturated heterocycles. The first-order valence-electron chi connectivity index (χ1n) is 9.33. The highest BCUT2D eigenvalue weighted by Gasteiger charge is 2.20. The Labute approximate surface area is 170 Å². The molecule has 1 amide bonds. The van der Waals surface area contributed by atoms with Gasteiger partial charge >= 0.3 is 0 Å². The molecule has 0 bridgehead atoms. The molecule has 0 saturated carbocycles. The predicted octanol–water partition coefficient (Wildman–Crippen LogP) is 3.21. The molecule has 7 heteroatoms. The minimum absolute atomic E-state index is 0.0579. The molecule has 2 aromatic carbocycles. The SMILES string of the molecule is COc1cc(/C=C/C(=O)N2CCN(c3ccc(F)cc3)CC2)cc(OC)c1OC. The minimum Gasteiger partial charge on any atom is -0.493 e. The Bertz CT molecular complexity index is 850. The molecule has 1 aliphatic rings. The summed E-state index contributed by atoms with van der Waals surface area (Å²) in [5, 5.41) is 0. The monoisotopic (exact) mass is 400 g/mol. The van der Waals surface area contributed by atoms with Crippen molar-refractivity contribution in [3.05, 3.63) is 53.9 Å². The van der Waals surface area contributed by atoms with E-state index in [1.165, 1.54) is 12.1 Å². The van der Waals surface area contributed by atoms with Crippen LogP contribution in [-0.4, -0.2) is 58.3 Å². The summed E-state index contributed by atoms with van der Waals surface area (Å²) < 4.78 is 29.1. The molecule has 0 unspecified atom stereocenters. The summed E-state index contributed by atoms with van der Waals surface area (Å²) in [6.45, 7) is 2.62. The molecular weight excluding hydrogens is 375 g/mol. The Morgan fingerprint density at radius 3 is 2.03 bits per heavy atom. The zero-order valence-electron chi connectivity index (χ0n) is 16.9. The molecule has 0 aromatic heterocycles. The van der Waals surface area contributed by atoms with Crippen molar-refractivity contribution in [2.75, 3.05) is 52.4 Å². The number of anilines is 1. The van der Waals surface area contributed by atoms with Crippen LogP contribution in [0.1, 0.15) is 5.56 Å². The second-order valence-electron chi connectivity index (χ2n) is 6.58. The summed E-state index contributed by atoms with van der Waals surface area (Å²) in [7, 11) is 4.65. The number of piperazine rings is 1. The van der Waals surface area contributed by atoms with Gasteiger partial charge in [0.05, 0.1) is 21.3 Å².